The standard InChI is InChI=1S/C33H44N4O2S/c1-2-37-31(19-28(34-37)17-24-9-4-3-5-10-24)30-13-6-7-15-35(30)20-27-21-36(22-29(27)26-14-16-40-23-26)32(33(38)39)18-25-11-8-12-25/h3-5,9-10,14,16,19,23,25,27,29-30,32H,2,6-8,11-13,15,17-18,20-22H2,1H3,(H,38,39)/t27?,29-,30?,32-/m1/s1. The summed E-state index contributed by atoms with van der Waals surface area (Å²) in [7, 11) is 0. The lowest BCUT2D eigenvalue weighted by Crippen LogP contribution is -2.43. The van der Waals surface area contributed by atoms with E-state index in [1.165, 1.54) is 48.9 Å². The van der Waals surface area contributed by atoms with Crippen molar-refractivity contribution in [2.24, 2.45) is 11.8 Å². The minimum Gasteiger partial charge on any atom is -0.480 e. The molecule has 4 atom stereocenters. The van der Waals surface area contributed by atoms with Gasteiger partial charge < -0.3 is 5.11 Å². The van der Waals surface area contributed by atoms with Crippen LogP contribution in [-0.4, -0.2) is 62.9 Å². The first-order valence-corrected chi connectivity index (χ1v) is 16.4. The molecule has 4 heterocycles. The Kier molecular flexibility index (Phi) is 8.70. The first-order chi connectivity index (χ1) is 19.6. The minimum absolute atomic E-state index is 0.351. The molecule has 40 heavy (non-hydrogen) atoms. The van der Waals surface area contributed by atoms with Gasteiger partial charge in [-0.15, -0.1) is 0 Å². The van der Waals surface area contributed by atoms with E-state index < -0.39 is 5.97 Å². The fraction of sp³-hybridized carbons (Fsp3) is 0.576. The van der Waals surface area contributed by atoms with E-state index in [0.717, 1.165) is 57.7 Å². The Balaban J connectivity index is 1.22. The molecule has 3 fully saturated rings. The molecule has 2 aromatic heterocycles. The molecule has 0 amide bonds. The van der Waals surface area contributed by atoms with Gasteiger partial charge >= 0.3 is 5.97 Å². The van der Waals surface area contributed by atoms with Gasteiger partial charge in [-0.1, -0.05) is 56.0 Å². The summed E-state index contributed by atoms with van der Waals surface area (Å²) in [5, 5.41) is 19.7. The quantitative estimate of drug-likeness (QED) is 0.292. The average molecular weight is 561 g/mol. The van der Waals surface area contributed by atoms with Crippen LogP contribution >= 0.6 is 11.3 Å². The van der Waals surface area contributed by atoms with Crippen molar-refractivity contribution in [3.05, 3.63) is 75.7 Å². The molecule has 1 aromatic carbocycles. The molecule has 1 N–H and O–H groups in total. The number of aryl methyl sites for hydroxylation is 1. The van der Waals surface area contributed by atoms with Crippen LogP contribution in [0, 0.1) is 11.8 Å². The maximum absolute atomic E-state index is 12.4. The second-order valence-corrected chi connectivity index (χ2v) is 13.1. The van der Waals surface area contributed by atoms with Gasteiger partial charge in [0, 0.05) is 38.5 Å². The Bertz CT molecular complexity index is 1240. The van der Waals surface area contributed by atoms with Crippen LogP contribution in [0.15, 0.2) is 53.2 Å². The molecule has 2 unspecified atom stereocenters. The summed E-state index contributed by atoms with van der Waals surface area (Å²) in [4.78, 5) is 17.5. The molecule has 1 saturated carbocycles. The van der Waals surface area contributed by atoms with Crippen molar-refractivity contribution in [3.63, 3.8) is 0 Å². The molecule has 7 heteroatoms. The largest absolute Gasteiger partial charge is 0.480 e. The zero-order valence-electron chi connectivity index (χ0n) is 23.8. The lowest BCUT2D eigenvalue weighted by atomic mass is 9.80. The number of likely N-dealkylation sites (tertiary alicyclic amines) is 2. The lowest BCUT2D eigenvalue weighted by molar-refractivity contribution is -0.144. The number of aromatic nitrogens is 2. The molecular formula is C33H44N4O2S. The fourth-order valence-electron chi connectivity index (χ4n) is 7.40. The second-order valence-electron chi connectivity index (χ2n) is 12.3. The van der Waals surface area contributed by atoms with Crippen molar-refractivity contribution >= 4 is 17.3 Å². The van der Waals surface area contributed by atoms with Crippen molar-refractivity contribution in [1.82, 2.24) is 19.6 Å². The van der Waals surface area contributed by atoms with Gasteiger partial charge in [-0.3, -0.25) is 19.3 Å². The summed E-state index contributed by atoms with van der Waals surface area (Å²) in [5.74, 6) is 0.776. The van der Waals surface area contributed by atoms with Crippen LogP contribution in [0.5, 0.6) is 0 Å². The van der Waals surface area contributed by atoms with Crippen LogP contribution < -0.4 is 0 Å². The number of benzene rings is 1. The Labute approximate surface area is 243 Å². The normalized spacial score (nSPS) is 25.2. The number of hydrogen-bond donors (Lipinski definition) is 1. The minimum atomic E-state index is -0.634. The Hall–Kier alpha value is -2.48. The van der Waals surface area contributed by atoms with E-state index >= 15 is 0 Å². The zero-order valence-corrected chi connectivity index (χ0v) is 24.6. The number of aliphatic carboxylic acids is 1. The monoisotopic (exact) mass is 560 g/mol. The highest BCUT2D eigenvalue weighted by molar-refractivity contribution is 7.08. The number of carboxylic acid groups (broad SMARTS) is 1. The molecule has 0 radical (unpaired) electrons. The van der Waals surface area contributed by atoms with E-state index in [-0.39, 0.29) is 6.04 Å². The van der Waals surface area contributed by atoms with Gasteiger partial charge in [0.15, 0.2) is 0 Å². The first kappa shape index (κ1) is 27.7. The first-order valence-electron chi connectivity index (χ1n) is 15.4. The summed E-state index contributed by atoms with van der Waals surface area (Å²) >= 11 is 1.76. The SMILES string of the molecule is CCn1nc(Cc2ccccc2)cc1C1CCCCN1CC1CN([C@H](CC2CCC2)C(=O)O)C[C@@H]1c1ccsc1. The number of nitrogens with zero attached hydrogens (tertiary/aromatic N) is 4. The van der Waals surface area contributed by atoms with Crippen molar-refractivity contribution in [3.8, 4) is 0 Å². The van der Waals surface area contributed by atoms with Crippen molar-refractivity contribution < 1.29 is 9.90 Å². The van der Waals surface area contributed by atoms with Crippen LogP contribution in [0.4, 0.5) is 0 Å². The molecule has 3 aliphatic rings. The van der Waals surface area contributed by atoms with Crippen LogP contribution in [-0.2, 0) is 17.8 Å². The van der Waals surface area contributed by atoms with E-state index in [9.17, 15) is 9.90 Å². The summed E-state index contributed by atoms with van der Waals surface area (Å²) in [5.41, 5.74) is 5.19. The van der Waals surface area contributed by atoms with E-state index in [1.807, 2.05) is 0 Å². The Morgan fingerprint density at radius 1 is 1.10 bits per heavy atom. The topological polar surface area (TPSA) is 61.6 Å². The van der Waals surface area contributed by atoms with Gasteiger partial charge in [0.25, 0.3) is 0 Å². The number of carbonyl (C=O) groups is 1. The maximum Gasteiger partial charge on any atom is 0.320 e. The van der Waals surface area contributed by atoms with Crippen molar-refractivity contribution in [1.29, 1.82) is 0 Å². The predicted octanol–water partition coefficient (Wildman–Crippen LogP) is 6.44. The maximum atomic E-state index is 12.4. The molecule has 3 aromatic rings. The summed E-state index contributed by atoms with van der Waals surface area (Å²) in [6, 6.07) is 15.3. The molecule has 1 aliphatic carbocycles. The molecule has 6 nitrogen and oxygen atoms in total. The Morgan fingerprint density at radius 3 is 2.65 bits per heavy atom. The van der Waals surface area contributed by atoms with Gasteiger partial charge in [0.05, 0.1) is 17.4 Å². The van der Waals surface area contributed by atoms with Gasteiger partial charge in [-0.25, -0.2) is 0 Å². The fourth-order valence-corrected chi connectivity index (χ4v) is 8.13. The number of thiophene rings is 1. The molecule has 0 bridgehead atoms. The number of rotatable bonds is 11. The second kappa shape index (κ2) is 12.6. The van der Waals surface area contributed by atoms with Gasteiger partial charge in [0.2, 0.25) is 0 Å². The highest BCUT2D eigenvalue weighted by atomic mass is 32.1. The Morgan fingerprint density at radius 2 is 1.95 bits per heavy atom. The molecule has 2 saturated heterocycles. The molecular weight excluding hydrogens is 516 g/mol. The molecule has 214 valence electrons. The zero-order chi connectivity index (χ0) is 27.5. The van der Waals surface area contributed by atoms with Crippen molar-refractivity contribution in [2.75, 3.05) is 26.2 Å². The van der Waals surface area contributed by atoms with Gasteiger partial charge in [-0.05, 0) is 78.6 Å². The third kappa shape index (κ3) is 6.07. The third-order valence-electron chi connectivity index (χ3n) is 9.76. The van der Waals surface area contributed by atoms with E-state index in [2.05, 4.69) is 74.6 Å². The van der Waals surface area contributed by atoms with Crippen LogP contribution in [0.3, 0.4) is 0 Å². The van der Waals surface area contributed by atoms with E-state index in [1.54, 1.807) is 11.3 Å². The van der Waals surface area contributed by atoms with Gasteiger partial charge in [0.1, 0.15) is 6.04 Å². The summed E-state index contributed by atoms with van der Waals surface area (Å²) in [6.07, 6.45) is 8.96. The molecule has 2 aliphatic heterocycles. The summed E-state index contributed by atoms with van der Waals surface area (Å²) in [6.45, 7) is 6.93. The molecule has 6 rings (SSSR count). The highest BCUT2D eigenvalue weighted by Gasteiger charge is 2.42. The van der Waals surface area contributed by atoms with Gasteiger partial charge in [-0.2, -0.15) is 16.4 Å². The van der Waals surface area contributed by atoms with Crippen molar-refractivity contribution in [2.45, 2.75) is 82.8 Å². The lowest BCUT2D eigenvalue weighted by Gasteiger charge is -2.38. The van der Waals surface area contributed by atoms with E-state index in [0.29, 0.717) is 23.8 Å². The number of hydrogen-bond acceptors (Lipinski definition) is 5. The average Bonchev–Trinajstić information content (AvgIpc) is 3.69. The predicted molar refractivity (Wildman–Crippen MR) is 161 cm³/mol. The third-order valence-corrected chi connectivity index (χ3v) is 10.5. The highest BCUT2D eigenvalue weighted by Crippen LogP contribution is 2.41. The van der Waals surface area contributed by atoms with Crippen LogP contribution in [0.1, 0.15) is 86.3 Å². The number of piperidine rings is 1. The van der Waals surface area contributed by atoms with Crippen LogP contribution in [0.2, 0.25) is 0 Å². The van der Waals surface area contributed by atoms with Crippen LogP contribution in [0.25, 0.3) is 0 Å². The summed E-state index contributed by atoms with van der Waals surface area (Å²) < 4.78 is 2.23. The molecule has 0 spiro atoms. The van der Waals surface area contributed by atoms with E-state index in [4.69, 9.17) is 5.10 Å². The smallest absolute Gasteiger partial charge is 0.320 e. The number of carboxylic acids is 1.